The van der Waals surface area contributed by atoms with E-state index in [0.29, 0.717) is 25.9 Å². The zero-order chi connectivity index (χ0) is 15.0. The summed E-state index contributed by atoms with van der Waals surface area (Å²) in [6.45, 7) is 6.02. The number of rotatable bonds is 8. The minimum Gasteiger partial charge on any atom is -0.465 e. The van der Waals surface area contributed by atoms with Crippen LogP contribution in [0.15, 0.2) is 30.3 Å². The highest BCUT2D eigenvalue weighted by Crippen LogP contribution is 2.34. The average Bonchev–Trinajstić information content (AvgIpc) is 2.48. The molecule has 0 aliphatic carbocycles. The first-order chi connectivity index (χ1) is 9.60. The maximum Gasteiger partial charge on any atom is 0.314 e. The molecule has 3 heteroatoms. The standard InChI is InChI=1S/C17H26O3/c1-4-17(5-2,16(19)20-6-3)15(18)13-12-14-10-8-7-9-11-14/h7-11,15,18H,4-6,12-13H2,1-3H3. The third kappa shape index (κ3) is 3.83. The normalized spacial score (nSPS) is 13.0. The molecule has 1 rings (SSSR count). The summed E-state index contributed by atoms with van der Waals surface area (Å²) in [4.78, 5) is 12.2. The van der Waals surface area contributed by atoms with E-state index >= 15 is 0 Å². The molecule has 0 spiro atoms. The zero-order valence-corrected chi connectivity index (χ0v) is 12.8. The molecule has 0 heterocycles. The molecule has 0 aromatic heterocycles. The van der Waals surface area contributed by atoms with E-state index in [1.165, 1.54) is 5.56 Å². The van der Waals surface area contributed by atoms with Crippen LogP contribution in [-0.2, 0) is 16.0 Å². The molecule has 0 aliphatic rings. The summed E-state index contributed by atoms with van der Waals surface area (Å²) in [6.07, 6.45) is 1.86. The molecule has 3 nitrogen and oxygen atoms in total. The first-order valence-electron chi connectivity index (χ1n) is 7.49. The van der Waals surface area contributed by atoms with E-state index in [-0.39, 0.29) is 5.97 Å². The fraction of sp³-hybridized carbons (Fsp3) is 0.588. The van der Waals surface area contributed by atoms with E-state index in [9.17, 15) is 9.90 Å². The van der Waals surface area contributed by atoms with Gasteiger partial charge >= 0.3 is 5.97 Å². The van der Waals surface area contributed by atoms with Gasteiger partial charge < -0.3 is 9.84 Å². The summed E-state index contributed by atoms with van der Waals surface area (Å²) < 4.78 is 5.16. The molecule has 1 unspecified atom stereocenters. The fourth-order valence-electron chi connectivity index (χ4n) is 2.65. The van der Waals surface area contributed by atoms with E-state index in [1.807, 2.05) is 44.2 Å². The first-order valence-corrected chi connectivity index (χ1v) is 7.49. The molecule has 0 fully saturated rings. The van der Waals surface area contributed by atoms with Gasteiger partial charge in [0.15, 0.2) is 0 Å². The van der Waals surface area contributed by atoms with Crippen LogP contribution < -0.4 is 0 Å². The van der Waals surface area contributed by atoms with Gasteiger partial charge in [0, 0.05) is 0 Å². The van der Waals surface area contributed by atoms with Crippen molar-refractivity contribution in [3.63, 3.8) is 0 Å². The number of carbonyl (C=O) groups excluding carboxylic acids is 1. The topological polar surface area (TPSA) is 46.5 Å². The molecule has 0 saturated carbocycles. The SMILES string of the molecule is CCOC(=O)C(CC)(CC)C(O)CCc1ccccc1. The second kappa shape index (κ2) is 8.05. The van der Waals surface area contributed by atoms with E-state index in [1.54, 1.807) is 6.92 Å². The van der Waals surface area contributed by atoms with E-state index < -0.39 is 11.5 Å². The maximum atomic E-state index is 12.2. The Labute approximate surface area is 122 Å². The average molecular weight is 278 g/mol. The Morgan fingerprint density at radius 3 is 2.30 bits per heavy atom. The molecule has 1 N–H and O–H groups in total. The molecular weight excluding hydrogens is 252 g/mol. The highest BCUT2D eigenvalue weighted by atomic mass is 16.5. The number of esters is 1. The van der Waals surface area contributed by atoms with Gasteiger partial charge in [-0.15, -0.1) is 0 Å². The molecule has 1 aromatic rings. The molecule has 0 radical (unpaired) electrons. The van der Waals surface area contributed by atoms with Gasteiger partial charge in [-0.3, -0.25) is 4.79 Å². The highest BCUT2D eigenvalue weighted by Gasteiger charge is 2.42. The Hall–Kier alpha value is -1.35. The number of aliphatic hydroxyl groups is 1. The Bertz CT molecular complexity index is 396. The van der Waals surface area contributed by atoms with Crippen LogP contribution in [0.5, 0.6) is 0 Å². The van der Waals surface area contributed by atoms with Crippen molar-refractivity contribution in [2.24, 2.45) is 5.41 Å². The van der Waals surface area contributed by atoms with Gasteiger partial charge in [-0.2, -0.15) is 0 Å². The Balaban J connectivity index is 2.73. The molecule has 0 aliphatic heterocycles. The Morgan fingerprint density at radius 1 is 1.20 bits per heavy atom. The summed E-state index contributed by atoms with van der Waals surface area (Å²) in [5.41, 5.74) is 0.404. The zero-order valence-electron chi connectivity index (χ0n) is 12.8. The van der Waals surface area contributed by atoms with Gasteiger partial charge in [0.1, 0.15) is 0 Å². The summed E-state index contributed by atoms with van der Waals surface area (Å²) in [6, 6.07) is 10.0. The number of carbonyl (C=O) groups is 1. The van der Waals surface area contributed by atoms with Crippen molar-refractivity contribution in [3.8, 4) is 0 Å². The molecule has 20 heavy (non-hydrogen) atoms. The molecule has 0 amide bonds. The van der Waals surface area contributed by atoms with E-state index in [4.69, 9.17) is 4.74 Å². The lowest BCUT2D eigenvalue weighted by Crippen LogP contribution is -2.43. The lowest BCUT2D eigenvalue weighted by atomic mass is 9.75. The van der Waals surface area contributed by atoms with Gasteiger partial charge in [-0.25, -0.2) is 0 Å². The third-order valence-electron chi connectivity index (χ3n) is 4.13. The van der Waals surface area contributed by atoms with Crippen molar-refractivity contribution in [2.45, 2.75) is 52.6 Å². The van der Waals surface area contributed by atoms with Crippen molar-refractivity contribution < 1.29 is 14.6 Å². The first kappa shape index (κ1) is 16.7. The van der Waals surface area contributed by atoms with Gasteiger partial charge in [-0.05, 0) is 38.2 Å². The monoisotopic (exact) mass is 278 g/mol. The second-order valence-electron chi connectivity index (χ2n) is 5.12. The number of hydrogen-bond acceptors (Lipinski definition) is 3. The molecular formula is C17H26O3. The predicted molar refractivity (Wildman–Crippen MR) is 80.4 cm³/mol. The largest absolute Gasteiger partial charge is 0.465 e. The van der Waals surface area contributed by atoms with Gasteiger partial charge in [0.2, 0.25) is 0 Å². The lowest BCUT2D eigenvalue weighted by Gasteiger charge is -2.34. The predicted octanol–water partition coefficient (Wildman–Crippen LogP) is 3.35. The fourth-order valence-corrected chi connectivity index (χ4v) is 2.65. The van der Waals surface area contributed by atoms with Gasteiger partial charge in [0.05, 0.1) is 18.1 Å². The van der Waals surface area contributed by atoms with Crippen LogP contribution in [0.3, 0.4) is 0 Å². The number of ether oxygens (including phenoxy) is 1. The highest BCUT2D eigenvalue weighted by molar-refractivity contribution is 5.77. The third-order valence-corrected chi connectivity index (χ3v) is 4.13. The lowest BCUT2D eigenvalue weighted by molar-refractivity contribution is -0.164. The summed E-state index contributed by atoms with van der Waals surface area (Å²) in [5, 5.41) is 10.5. The van der Waals surface area contributed by atoms with E-state index in [2.05, 4.69) is 0 Å². The maximum absolute atomic E-state index is 12.2. The number of hydrogen-bond donors (Lipinski definition) is 1. The number of aliphatic hydroxyl groups excluding tert-OH is 1. The van der Waals surface area contributed by atoms with Crippen LogP contribution in [0.4, 0.5) is 0 Å². The van der Waals surface area contributed by atoms with Crippen molar-refractivity contribution in [2.75, 3.05) is 6.61 Å². The van der Waals surface area contributed by atoms with E-state index in [0.717, 1.165) is 6.42 Å². The smallest absolute Gasteiger partial charge is 0.314 e. The van der Waals surface area contributed by atoms with Crippen molar-refractivity contribution in [3.05, 3.63) is 35.9 Å². The van der Waals surface area contributed by atoms with Gasteiger partial charge in [-0.1, -0.05) is 44.2 Å². The quantitative estimate of drug-likeness (QED) is 0.742. The molecule has 112 valence electrons. The van der Waals surface area contributed by atoms with Crippen molar-refractivity contribution >= 4 is 5.97 Å². The summed E-state index contributed by atoms with van der Waals surface area (Å²) in [5.74, 6) is -0.273. The number of benzene rings is 1. The van der Waals surface area contributed by atoms with Gasteiger partial charge in [0.25, 0.3) is 0 Å². The minimum atomic E-state index is -0.773. The van der Waals surface area contributed by atoms with Crippen LogP contribution in [-0.4, -0.2) is 23.8 Å². The summed E-state index contributed by atoms with van der Waals surface area (Å²) >= 11 is 0. The summed E-state index contributed by atoms with van der Waals surface area (Å²) in [7, 11) is 0. The van der Waals surface area contributed by atoms with Crippen LogP contribution >= 0.6 is 0 Å². The molecule has 0 saturated heterocycles. The van der Waals surface area contributed by atoms with Crippen LogP contribution in [0.2, 0.25) is 0 Å². The van der Waals surface area contributed by atoms with Crippen molar-refractivity contribution in [1.82, 2.24) is 0 Å². The minimum absolute atomic E-state index is 0.273. The Morgan fingerprint density at radius 2 is 1.80 bits per heavy atom. The number of aryl methyl sites for hydroxylation is 1. The van der Waals surface area contributed by atoms with Crippen LogP contribution in [0, 0.1) is 5.41 Å². The molecule has 1 aromatic carbocycles. The Kier molecular flexibility index (Phi) is 6.73. The molecule has 1 atom stereocenters. The van der Waals surface area contributed by atoms with Crippen LogP contribution in [0.25, 0.3) is 0 Å². The van der Waals surface area contributed by atoms with Crippen LogP contribution in [0.1, 0.15) is 45.6 Å². The van der Waals surface area contributed by atoms with Crippen molar-refractivity contribution in [1.29, 1.82) is 0 Å². The molecule has 0 bridgehead atoms. The second-order valence-corrected chi connectivity index (χ2v) is 5.12.